The van der Waals surface area contributed by atoms with Crippen molar-refractivity contribution in [2.24, 2.45) is 0 Å². The molecule has 0 unspecified atom stereocenters. The predicted octanol–water partition coefficient (Wildman–Crippen LogP) is 3.06. The number of methoxy groups -OCH3 is 1. The molecule has 0 bridgehead atoms. The van der Waals surface area contributed by atoms with Crippen LogP contribution >= 0.6 is 11.6 Å². The first-order chi connectivity index (χ1) is 11.3. The molecule has 0 spiro atoms. The highest BCUT2D eigenvalue weighted by Gasteiger charge is 2.26. The summed E-state index contributed by atoms with van der Waals surface area (Å²) in [6.45, 7) is 0.759. The van der Waals surface area contributed by atoms with Gasteiger partial charge in [-0.3, -0.25) is 4.79 Å². The van der Waals surface area contributed by atoms with E-state index in [2.05, 4.69) is 0 Å². The summed E-state index contributed by atoms with van der Waals surface area (Å²) in [5.74, 6) is -0.186. The smallest absolute Gasteiger partial charge is 0.304 e. The zero-order chi connectivity index (χ0) is 17.7. The van der Waals surface area contributed by atoms with Crippen LogP contribution in [0.3, 0.4) is 0 Å². The molecule has 0 radical (unpaired) electrons. The lowest BCUT2D eigenvalue weighted by molar-refractivity contribution is -0.140. The van der Waals surface area contributed by atoms with E-state index in [1.54, 1.807) is 24.3 Å². The third kappa shape index (κ3) is 4.18. The molecule has 0 aliphatic rings. The number of rotatable bonds is 6. The van der Waals surface area contributed by atoms with Crippen LogP contribution in [0.4, 0.5) is 5.69 Å². The normalized spacial score (nSPS) is 11.0. The Morgan fingerprint density at radius 1 is 1.17 bits per heavy atom. The Hall–Kier alpha value is -2.25. The zero-order valence-electron chi connectivity index (χ0n) is 13.1. The molecule has 0 atom stereocenters. The Morgan fingerprint density at radius 2 is 1.83 bits per heavy atom. The first kappa shape index (κ1) is 18.1. The highest BCUT2D eigenvalue weighted by molar-refractivity contribution is 7.92. The SMILES string of the molecule is COc1cccc(S(=O)(=O)N(COC(C)=O)c2ccc(Cl)cc2)c1. The van der Waals surface area contributed by atoms with Crippen molar-refractivity contribution >= 4 is 33.3 Å². The molecule has 0 aliphatic carbocycles. The molecular weight excluding hydrogens is 354 g/mol. The predicted molar refractivity (Wildman–Crippen MR) is 90.7 cm³/mol. The molecule has 0 saturated carbocycles. The molecule has 0 amide bonds. The van der Waals surface area contributed by atoms with E-state index in [1.807, 2.05) is 0 Å². The Bertz CT molecular complexity index is 821. The van der Waals surface area contributed by atoms with E-state index < -0.39 is 22.7 Å². The van der Waals surface area contributed by atoms with Crippen molar-refractivity contribution in [1.29, 1.82) is 0 Å². The molecule has 0 aliphatic heterocycles. The maximum absolute atomic E-state index is 12.9. The van der Waals surface area contributed by atoms with E-state index in [-0.39, 0.29) is 4.90 Å². The van der Waals surface area contributed by atoms with Crippen molar-refractivity contribution in [3.8, 4) is 5.75 Å². The molecule has 0 fully saturated rings. The first-order valence-corrected chi connectivity index (χ1v) is 8.72. The van der Waals surface area contributed by atoms with Crippen LogP contribution in [0.5, 0.6) is 5.75 Å². The highest BCUT2D eigenvalue weighted by Crippen LogP contribution is 2.27. The molecule has 0 heterocycles. The number of nitrogens with zero attached hydrogens (tertiary/aromatic N) is 1. The van der Waals surface area contributed by atoms with Crippen LogP contribution in [0.15, 0.2) is 53.4 Å². The maximum atomic E-state index is 12.9. The third-order valence-corrected chi connectivity index (χ3v) is 5.13. The third-order valence-electron chi connectivity index (χ3n) is 3.13. The van der Waals surface area contributed by atoms with Crippen LogP contribution in [-0.4, -0.2) is 28.2 Å². The van der Waals surface area contributed by atoms with Gasteiger partial charge >= 0.3 is 5.97 Å². The number of esters is 1. The van der Waals surface area contributed by atoms with Gasteiger partial charge in [-0.15, -0.1) is 0 Å². The molecule has 24 heavy (non-hydrogen) atoms. The molecule has 2 aromatic rings. The monoisotopic (exact) mass is 369 g/mol. The van der Waals surface area contributed by atoms with E-state index in [0.29, 0.717) is 16.5 Å². The van der Waals surface area contributed by atoms with Gasteiger partial charge in [0.05, 0.1) is 17.7 Å². The number of hydrogen-bond donors (Lipinski definition) is 0. The standard InChI is InChI=1S/C16H16ClNO5S/c1-12(19)23-11-18(14-8-6-13(17)7-9-14)24(20,21)16-5-3-4-15(10-16)22-2/h3-10H,11H2,1-2H3. The summed E-state index contributed by atoms with van der Waals surface area (Å²) in [7, 11) is -2.52. The lowest BCUT2D eigenvalue weighted by Crippen LogP contribution is -2.34. The molecule has 128 valence electrons. The van der Waals surface area contributed by atoms with E-state index in [4.69, 9.17) is 21.1 Å². The number of hydrogen-bond acceptors (Lipinski definition) is 5. The first-order valence-electron chi connectivity index (χ1n) is 6.90. The lowest BCUT2D eigenvalue weighted by atomic mass is 10.3. The molecule has 2 aromatic carbocycles. The molecular formula is C16H16ClNO5S. The minimum atomic E-state index is -3.96. The summed E-state index contributed by atoms with van der Waals surface area (Å²) in [5.41, 5.74) is 0.323. The molecule has 0 aromatic heterocycles. The topological polar surface area (TPSA) is 72.9 Å². The van der Waals surface area contributed by atoms with Gasteiger partial charge in [0, 0.05) is 18.0 Å². The number of carbonyl (C=O) groups is 1. The maximum Gasteiger partial charge on any atom is 0.304 e. The van der Waals surface area contributed by atoms with E-state index >= 15 is 0 Å². The highest BCUT2D eigenvalue weighted by atomic mass is 35.5. The second-order valence-electron chi connectivity index (χ2n) is 4.77. The van der Waals surface area contributed by atoms with E-state index in [0.717, 1.165) is 4.31 Å². The second kappa shape index (κ2) is 7.55. The van der Waals surface area contributed by atoms with Crippen molar-refractivity contribution in [2.45, 2.75) is 11.8 Å². The Kier molecular flexibility index (Phi) is 5.69. The van der Waals surface area contributed by atoms with Gasteiger partial charge in [0.1, 0.15) is 5.75 Å². The molecule has 2 rings (SSSR count). The summed E-state index contributed by atoms with van der Waals surface area (Å²) in [4.78, 5) is 11.1. The summed E-state index contributed by atoms with van der Waals surface area (Å²) < 4.78 is 36.8. The van der Waals surface area contributed by atoms with Crippen LogP contribution in [-0.2, 0) is 19.6 Å². The van der Waals surface area contributed by atoms with Gasteiger partial charge in [0.15, 0.2) is 6.73 Å². The fourth-order valence-electron chi connectivity index (χ4n) is 1.93. The van der Waals surface area contributed by atoms with Gasteiger partial charge in [0.2, 0.25) is 0 Å². The van der Waals surface area contributed by atoms with Crippen LogP contribution in [0, 0.1) is 0 Å². The van der Waals surface area contributed by atoms with Crippen molar-refractivity contribution in [2.75, 3.05) is 18.1 Å². The van der Waals surface area contributed by atoms with Crippen LogP contribution in [0.2, 0.25) is 5.02 Å². The summed E-state index contributed by atoms with van der Waals surface area (Å²) in [6.07, 6.45) is 0. The van der Waals surface area contributed by atoms with Crippen LogP contribution < -0.4 is 9.04 Å². The molecule has 6 nitrogen and oxygen atoms in total. The van der Waals surface area contributed by atoms with Crippen molar-refractivity contribution in [1.82, 2.24) is 0 Å². The minimum absolute atomic E-state index is 0.0175. The average molecular weight is 370 g/mol. The fraction of sp³-hybridized carbons (Fsp3) is 0.188. The van der Waals surface area contributed by atoms with Crippen molar-refractivity contribution < 1.29 is 22.7 Å². The van der Waals surface area contributed by atoms with Crippen molar-refractivity contribution in [3.63, 3.8) is 0 Å². The van der Waals surface area contributed by atoms with Crippen molar-refractivity contribution in [3.05, 3.63) is 53.6 Å². The summed E-state index contributed by atoms with van der Waals surface area (Å²) in [6, 6.07) is 12.2. The van der Waals surface area contributed by atoms with Gasteiger partial charge in [-0.05, 0) is 36.4 Å². The quantitative estimate of drug-likeness (QED) is 0.578. The lowest BCUT2D eigenvalue weighted by Gasteiger charge is -2.24. The number of benzene rings is 2. The Morgan fingerprint density at radius 3 is 2.42 bits per heavy atom. The molecule has 0 N–H and O–H groups in total. The average Bonchev–Trinajstić information content (AvgIpc) is 2.56. The largest absolute Gasteiger partial charge is 0.497 e. The van der Waals surface area contributed by atoms with Crippen LogP contribution in [0.1, 0.15) is 6.92 Å². The molecule has 0 saturated heterocycles. The van der Waals surface area contributed by atoms with Gasteiger partial charge in [-0.25, -0.2) is 12.7 Å². The number of halogens is 1. The Labute approximate surface area is 145 Å². The summed E-state index contributed by atoms with van der Waals surface area (Å²) >= 11 is 5.84. The fourth-order valence-corrected chi connectivity index (χ4v) is 3.42. The van der Waals surface area contributed by atoms with Gasteiger partial charge in [-0.2, -0.15) is 0 Å². The second-order valence-corrected chi connectivity index (χ2v) is 7.07. The number of carbonyl (C=O) groups excluding carboxylic acids is 1. The number of anilines is 1. The Balaban J connectivity index is 2.47. The zero-order valence-corrected chi connectivity index (χ0v) is 14.7. The summed E-state index contributed by atoms with van der Waals surface area (Å²) in [5, 5.41) is 0.463. The minimum Gasteiger partial charge on any atom is -0.497 e. The van der Waals surface area contributed by atoms with Gasteiger partial charge in [-0.1, -0.05) is 17.7 Å². The number of sulfonamides is 1. The van der Waals surface area contributed by atoms with E-state index in [1.165, 1.54) is 38.3 Å². The van der Waals surface area contributed by atoms with Gasteiger partial charge < -0.3 is 9.47 Å². The van der Waals surface area contributed by atoms with E-state index in [9.17, 15) is 13.2 Å². The molecule has 8 heteroatoms. The van der Waals surface area contributed by atoms with Gasteiger partial charge in [0.25, 0.3) is 10.0 Å². The van der Waals surface area contributed by atoms with Crippen LogP contribution in [0.25, 0.3) is 0 Å². The number of ether oxygens (including phenoxy) is 2.